The Hall–Kier alpha value is 0.0700. The van der Waals surface area contributed by atoms with Crippen LogP contribution in [0, 0.1) is 0 Å². The van der Waals surface area contributed by atoms with Crippen LogP contribution in [0.5, 0.6) is 0 Å². The summed E-state index contributed by atoms with van der Waals surface area (Å²) in [6.45, 7) is 9.13. The maximum Gasteiger partial charge on any atom is 0.0446 e. The highest BCUT2D eigenvalue weighted by Crippen LogP contribution is 2.13. The van der Waals surface area contributed by atoms with Crippen LogP contribution in [0.25, 0.3) is 0 Å². The number of rotatable bonds is 7. The average molecular weight is 235 g/mol. The van der Waals surface area contributed by atoms with Crippen molar-refractivity contribution >= 4 is 10.8 Å². The zero-order chi connectivity index (χ0) is 11.9. The molecule has 0 radical (unpaired) electrons. The standard InChI is InChI=1S/C11H25NO2S/c1-5-7-12-10(6-8-13)9-15(14)11(2,3)4/h10,12-13H,5-9H2,1-4H3. The molecule has 2 unspecified atom stereocenters. The van der Waals surface area contributed by atoms with Crippen molar-refractivity contribution in [1.82, 2.24) is 5.32 Å². The summed E-state index contributed by atoms with van der Waals surface area (Å²) in [7, 11) is -0.846. The van der Waals surface area contributed by atoms with Crippen molar-refractivity contribution in [2.24, 2.45) is 0 Å². The van der Waals surface area contributed by atoms with Gasteiger partial charge in [0.25, 0.3) is 0 Å². The van der Waals surface area contributed by atoms with E-state index in [4.69, 9.17) is 5.11 Å². The van der Waals surface area contributed by atoms with Crippen LogP contribution < -0.4 is 5.32 Å². The maximum absolute atomic E-state index is 11.9. The quantitative estimate of drug-likeness (QED) is 0.699. The molecule has 3 nitrogen and oxygen atoms in total. The van der Waals surface area contributed by atoms with Gasteiger partial charge in [0.05, 0.1) is 0 Å². The fourth-order valence-electron chi connectivity index (χ4n) is 1.18. The van der Waals surface area contributed by atoms with E-state index in [1.165, 1.54) is 0 Å². The van der Waals surface area contributed by atoms with Gasteiger partial charge in [-0.25, -0.2) is 0 Å². The Labute approximate surface area is 96.1 Å². The lowest BCUT2D eigenvalue weighted by Crippen LogP contribution is -2.39. The SMILES string of the molecule is CCCNC(CCO)CS(=O)C(C)(C)C. The highest BCUT2D eigenvalue weighted by molar-refractivity contribution is 7.86. The molecular weight excluding hydrogens is 210 g/mol. The summed E-state index contributed by atoms with van der Waals surface area (Å²) in [5.74, 6) is 0.629. The molecule has 0 aromatic carbocycles. The summed E-state index contributed by atoms with van der Waals surface area (Å²) >= 11 is 0. The van der Waals surface area contributed by atoms with Gasteiger partial charge in [-0.2, -0.15) is 0 Å². The molecule has 2 N–H and O–H groups in total. The van der Waals surface area contributed by atoms with Crippen LogP contribution in [0.15, 0.2) is 0 Å². The molecule has 0 heterocycles. The molecule has 0 saturated heterocycles. The Kier molecular flexibility index (Phi) is 7.40. The van der Waals surface area contributed by atoms with Crippen LogP contribution in [0.3, 0.4) is 0 Å². The molecule has 0 spiro atoms. The van der Waals surface area contributed by atoms with Crippen molar-refractivity contribution in [3.8, 4) is 0 Å². The van der Waals surface area contributed by atoms with Crippen LogP contribution in [0.2, 0.25) is 0 Å². The second-order valence-corrected chi connectivity index (χ2v) is 7.04. The third-order valence-electron chi connectivity index (χ3n) is 2.20. The number of aliphatic hydroxyl groups is 1. The lowest BCUT2D eigenvalue weighted by atomic mass is 10.2. The number of hydrogen-bond acceptors (Lipinski definition) is 3. The molecule has 0 rings (SSSR count). The lowest BCUT2D eigenvalue weighted by molar-refractivity contribution is 0.270. The Bertz CT molecular complexity index is 190. The van der Waals surface area contributed by atoms with Gasteiger partial charge in [-0.05, 0) is 40.2 Å². The van der Waals surface area contributed by atoms with Gasteiger partial charge in [-0.15, -0.1) is 0 Å². The molecule has 0 aromatic heterocycles. The van der Waals surface area contributed by atoms with Crippen LogP contribution in [0.1, 0.15) is 40.5 Å². The fourth-order valence-corrected chi connectivity index (χ4v) is 2.33. The van der Waals surface area contributed by atoms with E-state index >= 15 is 0 Å². The third-order valence-corrected chi connectivity index (χ3v) is 4.27. The van der Waals surface area contributed by atoms with Crippen molar-refractivity contribution in [2.45, 2.75) is 51.3 Å². The number of aliphatic hydroxyl groups excluding tert-OH is 1. The smallest absolute Gasteiger partial charge is 0.0446 e. The van der Waals surface area contributed by atoms with Crippen molar-refractivity contribution in [2.75, 3.05) is 18.9 Å². The van der Waals surface area contributed by atoms with Crippen molar-refractivity contribution in [3.63, 3.8) is 0 Å². The van der Waals surface area contributed by atoms with E-state index in [0.29, 0.717) is 12.2 Å². The van der Waals surface area contributed by atoms with Crippen LogP contribution in [0.4, 0.5) is 0 Å². The largest absolute Gasteiger partial charge is 0.396 e. The zero-order valence-corrected chi connectivity index (χ0v) is 11.2. The summed E-state index contributed by atoms with van der Waals surface area (Å²) < 4.78 is 11.7. The van der Waals surface area contributed by atoms with Gasteiger partial charge in [0.1, 0.15) is 0 Å². The molecule has 0 aromatic rings. The first kappa shape index (κ1) is 15.1. The van der Waals surface area contributed by atoms with Gasteiger partial charge in [0, 0.05) is 33.9 Å². The van der Waals surface area contributed by atoms with E-state index in [-0.39, 0.29) is 17.4 Å². The monoisotopic (exact) mass is 235 g/mol. The molecule has 92 valence electrons. The molecule has 0 saturated carbocycles. The summed E-state index contributed by atoms with van der Waals surface area (Å²) in [5, 5.41) is 12.2. The van der Waals surface area contributed by atoms with Crippen molar-refractivity contribution < 1.29 is 9.32 Å². The third kappa shape index (κ3) is 7.03. The fraction of sp³-hybridized carbons (Fsp3) is 1.00. The van der Waals surface area contributed by atoms with Crippen molar-refractivity contribution in [3.05, 3.63) is 0 Å². The zero-order valence-electron chi connectivity index (χ0n) is 10.4. The molecule has 0 aliphatic heterocycles. The summed E-state index contributed by atoms with van der Waals surface area (Å²) in [5.41, 5.74) is 0. The van der Waals surface area contributed by atoms with Gasteiger partial charge in [0.15, 0.2) is 0 Å². The number of nitrogens with one attached hydrogen (secondary N) is 1. The Morgan fingerprint density at radius 3 is 2.40 bits per heavy atom. The van der Waals surface area contributed by atoms with Gasteiger partial charge >= 0.3 is 0 Å². The van der Waals surface area contributed by atoms with E-state index in [0.717, 1.165) is 13.0 Å². The first-order valence-electron chi connectivity index (χ1n) is 5.64. The minimum absolute atomic E-state index is 0.155. The highest BCUT2D eigenvalue weighted by atomic mass is 32.2. The van der Waals surface area contributed by atoms with Gasteiger partial charge < -0.3 is 10.4 Å². The highest BCUT2D eigenvalue weighted by Gasteiger charge is 2.22. The average Bonchev–Trinajstić information content (AvgIpc) is 2.13. The second-order valence-electron chi connectivity index (χ2n) is 4.79. The Balaban J connectivity index is 4.09. The molecule has 0 fully saturated rings. The van der Waals surface area contributed by atoms with Gasteiger partial charge in [-0.3, -0.25) is 4.21 Å². The van der Waals surface area contributed by atoms with Crippen LogP contribution >= 0.6 is 0 Å². The minimum atomic E-state index is -0.846. The summed E-state index contributed by atoms with van der Waals surface area (Å²) in [4.78, 5) is 0. The second kappa shape index (κ2) is 7.36. The normalized spacial score (nSPS) is 16.3. The Morgan fingerprint density at radius 1 is 1.40 bits per heavy atom. The van der Waals surface area contributed by atoms with E-state index in [2.05, 4.69) is 12.2 Å². The van der Waals surface area contributed by atoms with Gasteiger partial charge in [0.2, 0.25) is 0 Å². The summed E-state index contributed by atoms with van der Waals surface area (Å²) in [6, 6.07) is 0.176. The molecule has 0 aliphatic carbocycles. The molecule has 0 amide bonds. The maximum atomic E-state index is 11.9. The molecule has 15 heavy (non-hydrogen) atoms. The van der Waals surface area contributed by atoms with Crippen LogP contribution in [-0.4, -0.2) is 39.0 Å². The Morgan fingerprint density at radius 2 is 2.00 bits per heavy atom. The molecule has 4 heteroatoms. The molecular formula is C11H25NO2S. The van der Waals surface area contributed by atoms with Gasteiger partial charge in [-0.1, -0.05) is 6.92 Å². The molecule has 0 bridgehead atoms. The van der Waals surface area contributed by atoms with Crippen molar-refractivity contribution in [1.29, 1.82) is 0 Å². The number of hydrogen-bond donors (Lipinski definition) is 2. The molecule has 2 atom stereocenters. The predicted molar refractivity (Wildman–Crippen MR) is 66.5 cm³/mol. The van der Waals surface area contributed by atoms with E-state index < -0.39 is 10.8 Å². The first-order valence-corrected chi connectivity index (χ1v) is 6.96. The topological polar surface area (TPSA) is 49.3 Å². The lowest BCUT2D eigenvalue weighted by Gasteiger charge is -2.23. The first-order chi connectivity index (χ1) is 6.91. The van der Waals surface area contributed by atoms with E-state index in [1.54, 1.807) is 0 Å². The molecule has 0 aliphatic rings. The summed E-state index contributed by atoms with van der Waals surface area (Å²) in [6.07, 6.45) is 1.74. The van der Waals surface area contributed by atoms with E-state index in [1.807, 2.05) is 20.8 Å². The van der Waals surface area contributed by atoms with E-state index in [9.17, 15) is 4.21 Å². The minimum Gasteiger partial charge on any atom is -0.396 e. The predicted octanol–water partition coefficient (Wildman–Crippen LogP) is 1.28. The van der Waals surface area contributed by atoms with Crippen LogP contribution in [-0.2, 0) is 10.8 Å².